The minimum atomic E-state index is -0.869. The van der Waals surface area contributed by atoms with Crippen LogP contribution >= 0.6 is 0 Å². The van der Waals surface area contributed by atoms with Crippen molar-refractivity contribution in [3.05, 3.63) is 35.5 Å². The number of nitrogens with zero attached hydrogens (tertiary/aromatic N) is 4. The fourth-order valence-electron chi connectivity index (χ4n) is 5.44. The number of amides is 2. The lowest BCUT2D eigenvalue weighted by atomic mass is 10.1. The molecule has 1 aromatic carbocycles. The summed E-state index contributed by atoms with van der Waals surface area (Å²) in [6.45, 7) is 9.83. The van der Waals surface area contributed by atoms with Gasteiger partial charge in [0.2, 0.25) is 5.78 Å². The summed E-state index contributed by atoms with van der Waals surface area (Å²) in [6.07, 6.45) is 0.702. The number of hydrogen-bond donors (Lipinski definition) is 0. The second-order valence-electron chi connectivity index (χ2n) is 14.0. The van der Waals surface area contributed by atoms with E-state index in [9.17, 15) is 28.8 Å². The van der Waals surface area contributed by atoms with Crippen LogP contribution in [0.5, 0.6) is 23.1 Å². The Morgan fingerprint density at radius 3 is 1.78 bits per heavy atom. The van der Waals surface area contributed by atoms with Crippen LogP contribution in [0, 0.1) is 0 Å². The van der Waals surface area contributed by atoms with Crippen LogP contribution in [0.4, 0.5) is 9.59 Å². The van der Waals surface area contributed by atoms with Crippen molar-refractivity contribution in [3.8, 4) is 23.1 Å². The Bertz CT molecular complexity index is 1570. The molecule has 4 heterocycles. The first-order valence-electron chi connectivity index (χ1n) is 16.3. The lowest BCUT2D eigenvalue weighted by Gasteiger charge is -2.27. The largest absolute Gasteiger partial charge is 0.456 e. The van der Waals surface area contributed by atoms with E-state index < -0.39 is 72.2 Å². The predicted molar refractivity (Wildman–Crippen MR) is 171 cm³/mol. The maximum atomic E-state index is 12.9. The van der Waals surface area contributed by atoms with E-state index >= 15 is 0 Å². The average Bonchev–Trinajstić information content (AvgIpc) is 3.74. The maximum absolute atomic E-state index is 12.9. The van der Waals surface area contributed by atoms with Gasteiger partial charge in [0.05, 0.1) is 0 Å². The SMILES string of the molecule is CC(C)(C)OC(=O)N1CCCC1C(=O)OCC(=O)c1ccc2c(c1)Oc1nnc(C(=O)COC(=O)C3CCCN3C(=O)OC(C)(C)C)cc1O2. The third-order valence-electron chi connectivity index (χ3n) is 7.70. The molecule has 0 aliphatic carbocycles. The molecule has 1 aromatic heterocycles. The smallest absolute Gasteiger partial charge is 0.411 e. The Hall–Kier alpha value is -5.28. The number of esters is 2. The Labute approximate surface area is 288 Å². The molecule has 2 atom stereocenters. The number of aromatic nitrogens is 2. The molecule has 2 fully saturated rings. The van der Waals surface area contributed by atoms with E-state index in [2.05, 4.69) is 10.2 Å². The van der Waals surface area contributed by atoms with E-state index in [1.165, 1.54) is 34.1 Å². The highest BCUT2D eigenvalue weighted by Crippen LogP contribution is 2.44. The molecule has 2 unspecified atom stereocenters. The van der Waals surface area contributed by atoms with E-state index in [-0.39, 0.29) is 34.4 Å². The Morgan fingerprint density at radius 1 is 0.700 bits per heavy atom. The molecule has 2 aromatic rings. The van der Waals surface area contributed by atoms with E-state index in [0.717, 1.165) is 0 Å². The number of carbonyl (C=O) groups excluding carboxylic acids is 6. The number of likely N-dealkylation sites (tertiary alicyclic amines) is 2. The Balaban J connectivity index is 1.14. The van der Waals surface area contributed by atoms with Gasteiger partial charge in [0.15, 0.2) is 36.2 Å². The van der Waals surface area contributed by atoms with Gasteiger partial charge in [-0.3, -0.25) is 19.4 Å². The van der Waals surface area contributed by atoms with Gasteiger partial charge < -0.3 is 28.4 Å². The van der Waals surface area contributed by atoms with Crippen molar-refractivity contribution in [1.82, 2.24) is 20.0 Å². The van der Waals surface area contributed by atoms with Crippen LogP contribution < -0.4 is 9.47 Å². The van der Waals surface area contributed by atoms with Gasteiger partial charge in [-0.15, -0.1) is 10.2 Å². The Morgan fingerprint density at radius 2 is 1.24 bits per heavy atom. The first-order valence-corrected chi connectivity index (χ1v) is 16.3. The minimum Gasteiger partial charge on any atom is -0.456 e. The lowest BCUT2D eigenvalue weighted by molar-refractivity contribution is -0.148. The summed E-state index contributed by atoms with van der Waals surface area (Å²) in [7, 11) is 0. The fourth-order valence-corrected chi connectivity index (χ4v) is 5.44. The van der Waals surface area contributed by atoms with Crippen molar-refractivity contribution >= 4 is 35.7 Å². The van der Waals surface area contributed by atoms with Crippen LogP contribution in [-0.2, 0) is 28.5 Å². The van der Waals surface area contributed by atoms with Crippen molar-refractivity contribution in [2.45, 2.75) is 90.5 Å². The number of ketones is 2. The number of benzene rings is 1. The number of carbonyl (C=O) groups is 6. The van der Waals surface area contributed by atoms with Crippen molar-refractivity contribution in [2.75, 3.05) is 26.3 Å². The normalized spacial score (nSPS) is 18.2. The first-order chi connectivity index (χ1) is 23.5. The number of ether oxygens (including phenoxy) is 6. The summed E-state index contributed by atoms with van der Waals surface area (Å²) in [6, 6.07) is 3.88. The minimum absolute atomic E-state index is 0.0631. The summed E-state index contributed by atoms with van der Waals surface area (Å²) >= 11 is 0. The molecule has 0 spiro atoms. The Kier molecular flexibility index (Phi) is 10.3. The highest BCUT2D eigenvalue weighted by molar-refractivity contribution is 5.99. The molecule has 0 radical (unpaired) electrons. The van der Waals surface area contributed by atoms with Gasteiger partial charge in [0.1, 0.15) is 29.0 Å². The summed E-state index contributed by atoms with van der Waals surface area (Å²) in [5, 5.41) is 7.77. The molecule has 2 saturated heterocycles. The van der Waals surface area contributed by atoms with Gasteiger partial charge in [-0.2, -0.15) is 0 Å². The number of hydrogen-bond acceptors (Lipinski definition) is 14. The average molecular weight is 697 g/mol. The second-order valence-corrected chi connectivity index (χ2v) is 14.0. The zero-order valence-electron chi connectivity index (χ0n) is 28.8. The molecule has 0 bridgehead atoms. The zero-order valence-corrected chi connectivity index (χ0v) is 28.8. The van der Waals surface area contributed by atoms with Crippen molar-refractivity contribution < 1.29 is 57.2 Å². The van der Waals surface area contributed by atoms with Crippen molar-refractivity contribution in [3.63, 3.8) is 0 Å². The van der Waals surface area contributed by atoms with Gasteiger partial charge in [-0.05, 0) is 85.4 Å². The monoisotopic (exact) mass is 696 g/mol. The van der Waals surface area contributed by atoms with E-state index in [1.807, 2.05) is 0 Å². The fraction of sp³-hybridized carbons (Fsp3) is 0.529. The molecule has 50 heavy (non-hydrogen) atoms. The maximum Gasteiger partial charge on any atom is 0.411 e. The molecule has 16 nitrogen and oxygen atoms in total. The quantitative estimate of drug-likeness (QED) is 0.180. The molecule has 2 amide bonds. The van der Waals surface area contributed by atoms with Crippen molar-refractivity contribution in [2.24, 2.45) is 0 Å². The molecule has 16 heteroatoms. The number of rotatable bonds is 8. The van der Waals surface area contributed by atoms with Gasteiger partial charge in [-0.1, -0.05) is 0 Å². The molecular weight excluding hydrogens is 656 g/mol. The van der Waals surface area contributed by atoms with Crippen LogP contribution in [0.3, 0.4) is 0 Å². The van der Waals surface area contributed by atoms with Gasteiger partial charge in [0, 0.05) is 24.7 Å². The third kappa shape index (κ3) is 8.65. The molecule has 3 aliphatic rings. The van der Waals surface area contributed by atoms with Gasteiger partial charge >= 0.3 is 24.1 Å². The topological polar surface area (TPSA) is 190 Å². The van der Waals surface area contributed by atoms with Gasteiger partial charge in [0.25, 0.3) is 5.88 Å². The van der Waals surface area contributed by atoms with Crippen LogP contribution in [0.1, 0.15) is 88.1 Å². The van der Waals surface area contributed by atoms with E-state index in [0.29, 0.717) is 38.8 Å². The van der Waals surface area contributed by atoms with Crippen LogP contribution in [-0.4, -0.2) is 105 Å². The third-order valence-corrected chi connectivity index (χ3v) is 7.70. The summed E-state index contributed by atoms with van der Waals surface area (Å²) in [5.41, 5.74) is -1.45. The molecule has 3 aliphatic heterocycles. The summed E-state index contributed by atoms with van der Waals surface area (Å²) < 4.78 is 32.8. The van der Waals surface area contributed by atoms with Crippen LogP contribution in [0.2, 0.25) is 0 Å². The van der Waals surface area contributed by atoms with Gasteiger partial charge in [-0.25, -0.2) is 19.2 Å². The van der Waals surface area contributed by atoms with E-state index in [1.54, 1.807) is 41.5 Å². The standard InChI is InChI=1S/C34H40N4O12/c1-33(2,3)49-31(43)37-13-7-9-21(37)29(41)45-17-23(39)19-11-12-25-26(15-19)48-28-27(47-25)16-20(35-36-28)24(40)18-46-30(42)22-10-8-14-38(22)32(44)50-34(4,5)6/h11-12,15-16,21-22H,7-10,13-14,17-18H2,1-6H3. The van der Waals surface area contributed by atoms with Crippen LogP contribution in [0.25, 0.3) is 0 Å². The first kappa shape index (κ1) is 36.0. The molecular formula is C34H40N4O12. The second kappa shape index (κ2) is 14.3. The summed E-state index contributed by atoms with van der Waals surface area (Å²) in [5.74, 6) is -2.29. The summed E-state index contributed by atoms with van der Waals surface area (Å²) in [4.78, 5) is 78.9. The highest BCUT2D eigenvalue weighted by Gasteiger charge is 2.39. The zero-order chi connectivity index (χ0) is 36.4. The number of Topliss-reactive ketones (excluding diaryl/α,β-unsaturated/α-hetero) is 2. The lowest BCUT2D eigenvalue weighted by Crippen LogP contribution is -2.44. The number of fused-ring (bicyclic) bond motifs is 2. The van der Waals surface area contributed by atoms with Crippen LogP contribution in [0.15, 0.2) is 24.3 Å². The van der Waals surface area contributed by atoms with Crippen molar-refractivity contribution in [1.29, 1.82) is 0 Å². The molecule has 0 saturated carbocycles. The predicted octanol–water partition coefficient (Wildman–Crippen LogP) is 4.63. The molecule has 5 rings (SSSR count). The molecule has 268 valence electrons. The molecule has 0 N–H and O–H groups in total. The van der Waals surface area contributed by atoms with E-state index in [4.69, 9.17) is 28.4 Å². The highest BCUT2D eigenvalue weighted by atomic mass is 16.6.